The van der Waals surface area contributed by atoms with Crippen LogP contribution >= 0.6 is 0 Å². The molecule has 0 bridgehead atoms. The maximum absolute atomic E-state index is 13.4. The monoisotopic (exact) mass is 1020 g/mol. The molecule has 0 aromatic rings. The van der Waals surface area contributed by atoms with Gasteiger partial charge in [-0.3, -0.25) is 19.2 Å². The fraction of sp³-hybridized carbons (Fsp3) is 0.793. The van der Waals surface area contributed by atoms with Gasteiger partial charge in [-0.1, -0.05) is 156 Å². The lowest BCUT2D eigenvalue weighted by molar-refractivity contribution is -0.165. The van der Waals surface area contributed by atoms with Gasteiger partial charge in [0.2, 0.25) is 11.8 Å². The molecular formula is C58H104N2O12. The van der Waals surface area contributed by atoms with Crippen LogP contribution in [-0.2, 0) is 57.2 Å². The normalized spacial score (nSPS) is 15.4. The Morgan fingerprint density at radius 1 is 0.569 bits per heavy atom. The molecule has 2 aliphatic rings. The summed E-state index contributed by atoms with van der Waals surface area (Å²) in [5.74, 6) is -1.68. The van der Waals surface area contributed by atoms with Crippen LogP contribution in [0.1, 0.15) is 203 Å². The van der Waals surface area contributed by atoms with E-state index in [-0.39, 0.29) is 66.8 Å². The summed E-state index contributed by atoms with van der Waals surface area (Å²) in [5.41, 5.74) is -0.967. The number of ether oxygens (including phenoxy) is 6. The Morgan fingerprint density at radius 3 is 1.28 bits per heavy atom. The minimum absolute atomic E-state index is 0.0116. The maximum Gasteiger partial charge on any atom is 0.333 e. The molecule has 2 amide bonds. The second-order valence-electron chi connectivity index (χ2n) is 20.9. The highest BCUT2D eigenvalue weighted by atomic mass is 16.6. The first kappa shape index (κ1) is 70.0. The quantitative estimate of drug-likeness (QED) is 0.0190. The van der Waals surface area contributed by atoms with Gasteiger partial charge in [-0.25, -0.2) is 9.59 Å². The highest BCUT2D eigenvalue weighted by Gasteiger charge is 2.46. The van der Waals surface area contributed by atoms with Gasteiger partial charge in [0.15, 0.2) is 0 Å². The van der Waals surface area contributed by atoms with Crippen LogP contribution in [0, 0.1) is 16.7 Å². The predicted molar refractivity (Wildman–Crippen MR) is 289 cm³/mol. The SMILES string of the molecule is C=C(C)C(=O)OCC1CO1.C=C(C)C(=O)OCCCCCCCCCCCC.C=CC(=O)N(C)C.CCCCCCCCCCCCOC(=O)C(C)(CC(CC)C(=O)N(C)C)CC(C)(C)C(=O)OCC1CO1. The smallest absolute Gasteiger partial charge is 0.333 e. The molecule has 2 aliphatic heterocycles. The maximum atomic E-state index is 13.4. The number of unbranched alkanes of at least 4 members (excludes halogenated alkanes) is 18. The number of epoxide rings is 2. The summed E-state index contributed by atoms with van der Waals surface area (Å²) in [6.07, 6.45) is 27.7. The molecule has 14 heteroatoms. The fourth-order valence-electron chi connectivity index (χ4n) is 7.56. The molecule has 0 radical (unpaired) electrons. The second kappa shape index (κ2) is 42.3. The highest BCUT2D eigenvalue weighted by Crippen LogP contribution is 2.42. The van der Waals surface area contributed by atoms with Gasteiger partial charge in [0, 0.05) is 45.3 Å². The molecule has 0 aromatic heterocycles. The highest BCUT2D eigenvalue weighted by molar-refractivity contribution is 5.87. The molecule has 72 heavy (non-hydrogen) atoms. The molecule has 4 atom stereocenters. The molecule has 0 N–H and O–H groups in total. The molecule has 0 aliphatic carbocycles. The van der Waals surface area contributed by atoms with Crippen molar-refractivity contribution in [1.29, 1.82) is 0 Å². The molecule has 0 aromatic carbocycles. The van der Waals surface area contributed by atoms with Crippen molar-refractivity contribution in [2.45, 2.75) is 215 Å². The molecule has 2 fully saturated rings. The minimum Gasteiger partial charge on any atom is -0.465 e. The molecule has 2 rings (SSSR count). The van der Waals surface area contributed by atoms with Crippen molar-refractivity contribution in [3.63, 3.8) is 0 Å². The van der Waals surface area contributed by atoms with Crippen LogP contribution in [0.25, 0.3) is 0 Å². The molecule has 0 spiro atoms. The average Bonchev–Trinajstić information content (AvgIpc) is 4.29. The van der Waals surface area contributed by atoms with Crippen molar-refractivity contribution in [3.05, 3.63) is 37.0 Å². The predicted octanol–water partition coefficient (Wildman–Crippen LogP) is 12.1. The number of carbonyl (C=O) groups is 6. The number of hydrogen-bond donors (Lipinski definition) is 0. The van der Waals surface area contributed by atoms with Crippen molar-refractivity contribution >= 4 is 35.7 Å². The van der Waals surface area contributed by atoms with Gasteiger partial charge >= 0.3 is 23.9 Å². The summed E-state index contributed by atoms with van der Waals surface area (Å²) in [6, 6.07) is 0. The van der Waals surface area contributed by atoms with Gasteiger partial charge in [0.1, 0.15) is 25.4 Å². The summed E-state index contributed by atoms with van der Waals surface area (Å²) < 4.78 is 31.0. The van der Waals surface area contributed by atoms with E-state index in [0.29, 0.717) is 57.0 Å². The van der Waals surface area contributed by atoms with E-state index in [1.54, 1.807) is 60.8 Å². The number of carbonyl (C=O) groups excluding carboxylic acids is 6. The van der Waals surface area contributed by atoms with E-state index in [1.165, 1.54) is 114 Å². The minimum atomic E-state index is -0.983. The number of likely N-dealkylation sites (N-methyl/N-ethyl adjacent to an activating group) is 1. The van der Waals surface area contributed by atoms with E-state index in [0.717, 1.165) is 25.7 Å². The number of hydrogen-bond acceptors (Lipinski definition) is 12. The third-order valence-corrected chi connectivity index (χ3v) is 12.2. The lowest BCUT2D eigenvalue weighted by Crippen LogP contribution is -2.42. The fourth-order valence-corrected chi connectivity index (χ4v) is 7.56. The topological polar surface area (TPSA) is 171 Å². The van der Waals surface area contributed by atoms with Gasteiger partial charge in [-0.15, -0.1) is 0 Å². The molecule has 418 valence electrons. The Kier molecular flexibility index (Phi) is 41.2. The average molecular weight is 1020 g/mol. The van der Waals surface area contributed by atoms with Gasteiger partial charge in [-0.2, -0.15) is 0 Å². The van der Waals surface area contributed by atoms with Crippen molar-refractivity contribution < 1.29 is 57.2 Å². The zero-order valence-electron chi connectivity index (χ0n) is 47.7. The third-order valence-electron chi connectivity index (χ3n) is 12.2. The number of nitrogens with zero attached hydrogens (tertiary/aromatic N) is 2. The van der Waals surface area contributed by atoms with Crippen molar-refractivity contribution in [1.82, 2.24) is 9.80 Å². The third kappa shape index (κ3) is 38.6. The van der Waals surface area contributed by atoms with Gasteiger partial charge < -0.3 is 38.2 Å². The summed E-state index contributed by atoms with van der Waals surface area (Å²) >= 11 is 0. The molecule has 0 saturated carbocycles. The van der Waals surface area contributed by atoms with Gasteiger partial charge in [0.25, 0.3) is 0 Å². The van der Waals surface area contributed by atoms with Crippen LogP contribution in [-0.4, -0.2) is 126 Å². The van der Waals surface area contributed by atoms with Crippen molar-refractivity contribution in [2.75, 3.05) is 67.8 Å². The standard InChI is InChI=1S/C30H55NO6.C16H30O2.C7H10O3.C5H9NO/c1-8-10-11-12-13-14-15-16-17-18-19-35-28(34)30(5,20-24(9-2)26(32)31(6)7)23-29(3,4)27(33)37-22-25-21-36-25;1-4-5-6-7-8-9-10-11-12-13-14-18-16(17)15(2)3;1-5(2)7(8)10-4-6-3-9-6;1-4-5(7)6(2)3/h24-25H,8-23H2,1-7H3;2,4-14H2,1,3H3;6H,1,3-4H2,2H3;4H,1H2,2-3H3. The van der Waals surface area contributed by atoms with Crippen LogP contribution < -0.4 is 0 Å². The summed E-state index contributed by atoms with van der Waals surface area (Å²) in [6.45, 7) is 28.3. The van der Waals surface area contributed by atoms with Crippen LogP contribution in [0.15, 0.2) is 37.0 Å². The number of amides is 2. The van der Waals surface area contributed by atoms with Crippen LogP contribution in [0.2, 0.25) is 0 Å². The van der Waals surface area contributed by atoms with Crippen LogP contribution in [0.4, 0.5) is 0 Å². The molecule has 2 saturated heterocycles. The zero-order chi connectivity index (χ0) is 55.0. The first-order chi connectivity index (χ1) is 34.0. The lowest BCUT2D eigenvalue weighted by Gasteiger charge is -2.36. The largest absolute Gasteiger partial charge is 0.465 e. The number of rotatable bonds is 37. The second-order valence-corrected chi connectivity index (χ2v) is 20.9. The Labute approximate surface area is 438 Å². The van der Waals surface area contributed by atoms with Crippen molar-refractivity contribution in [3.8, 4) is 0 Å². The molecule has 4 unspecified atom stereocenters. The first-order valence-corrected chi connectivity index (χ1v) is 27.3. The summed E-state index contributed by atoms with van der Waals surface area (Å²) in [7, 11) is 6.83. The van der Waals surface area contributed by atoms with Gasteiger partial charge in [0.05, 0.1) is 37.3 Å². The summed E-state index contributed by atoms with van der Waals surface area (Å²) in [4.78, 5) is 74.2. The Balaban J connectivity index is 0. The van der Waals surface area contributed by atoms with Gasteiger partial charge in [-0.05, 0) is 72.8 Å². The van der Waals surface area contributed by atoms with Crippen LogP contribution in [0.5, 0.6) is 0 Å². The van der Waals surface area contributed by atoms with E-state index in [4.69, 9.17) is 28.4 Å². The lowest BCUT2D eigenvalue weighted by atomic mass is 9.69. The first-order valence-electron chi connectivity index (χ1n) is 27.3. The Bertz CT molecular complexity index is 1550. The molecule has 2 heterocycles. The van der Waals surface area contributed by atoms with E-state index >= 15 is 0 Å². The van der Waals surface area contributed by atoms with Crippen molar-refractivity contribution in [2.24, 2.45) is 16.7 Å². The van der Waals surface area contributed by atoms with Crippen LogP contribution in [0.3, 0.4) is 0 Å². The Morgan fingerprint density at radius 2 is 0.944 bits per heavy atom. The Hall–Kier alpha value is -4.04. The zero-order valence-corrected chi connectivity index (χ0v) is 47.7. The van der Waals surface area contributed by atoms with E-state index in [2.05, 4.69) is 33.6 Å². The molecule has 14 nitrogen and oxygen atoms in total. The van der Waals surface area contributed by atoms with E-state index in [9.17, 15) is 28.8 Å². The van der Waals surface area contributed by atoms with E-state index < -0.39 is 10.8 Å². The summed E-state index contributed by atoms with van der Waals surface area (Å²) in [5, 5.41) is 0. The molecular weight excluding hydrogens is 917 g/mol. The van der Waals surface area contributed by atoms with E-state index in [1.807, 2.05) is 13.8 Å². The number of esters is 4.